The van der Waals surface area contributed by atoms with Crippen LogP contribution in [0.2, 0.25) is 15.1 Å². The number of nitro benzene ring substituents is 1. The van der Waals surface area contributed by atoms with E-state index in [-0.39, 0.29) is 32.1 Å². The quantitative estimate of drug-likeness (QED) is 0.145. The van der Waals surface area contributed by atoms with Crippen LogP contribution in [-0.4, -0.2) is 22.8 Å². The zero-order valence-corrected chi connectivity index (χ0v) is 21.2. The first-order valence-corrected chi connectivity index (χ1v) is 11.6. The summed E-state index contributed by atoms with van der Waals surface area (Å²) in [6, 6.07) is 8.92. The second-order valence-corrected chi connectivity index (χ2v) is 8.98. The molecule has 1 saturated heterocycles. The van der Waals surface area contributed by atoms with E-state index in [1.807, 2.05) is 5.32 Å². The summed E-state index contributed by atoms with van der Waals surface area (Å²) in [6.07, 6.45) is -3.75. The molecular formula is C24H11Cl3F3N3O6. The van der Waals surface area contributed by atoms with E-state index >= 15 is 0 Å². The number of carbonyl (C=O) groups excluding carboxylic acids is 3. The van der Waals surface area contributed by atoms with E-state index in [9.17, 15) is 37.7 Å². The third-order valence-corrected chi connectivity index (χ3v) is 6.10. The van der Waals surface area contributed by atoms with Crippen LogP contribution < -0.4 is 15.0 Å². The van der Waals surface area contributed by atoms with Crippen molar-refractivity contribution < 1.29 is 37.2 Å². The molecule has 0 spiro atoms. The maximum Gasteiger partial charge on any atom is 0.416 e. The molecule has 4 amide bonds. The van der Waals surface area contributed by atoms with Gasteiger partial charge >= 0.3 is 17.9 Å². The topological polar surface area (TPSA) is 119 Å². The normalized spacial score (nSPS) is 15.0. The van der Waals surface area contributed by atoms with Gasteiger partial charge in [-0.05, 0) is 48.0 Å². The Bertz CT molecular complexity index is 1570. The van der Waals surface area contributed by atoms with Crippen molar-refractivity contribution in [3.63, 3.8) is 0 Å². The lowest BCUT2D eigenvalue weighted by Crippen LogP contribution is -2.54. The van der Waals surface area contributed by atoms with Gasteiger partial charge in [0, 0.05) is 6.07 Å². The van der Waals surface area contributed by atoms with Gasteiger partial charge in [-0.25, -0.2) is 9.69 Å². The number of halogens is 6. The summed E-state index contributed by atoms with van der Waals surface area (Å²) >= 11 is 18.5. The van der Waals surface area contributed by atoms with Gasteiger partial charge in [-0.15, -0.1) is 0 Å². The van der Waals surface area contributed by atoms with Crippen LogP contribution in [0.15, 0.2) is 60.2 Å². The highest BCUT2D eigenvalue weighted by atomic mass is 35.5. The van der Waals surface area contributed by atoms with Crippen LogP contribution in [0.3, 0.4) is 0 Å². The van der Waals surface area contributed by atoms with Crippen molar-refractivity contribution in [1.29, 1.82) is 0 Å². The van der Waals surface area contributed by atoms with E-state index in [0.29, 0.717) is 17.0 Å². The molecule has 1 heterocycles. The Morgan fingerprint density at radius 2 is 1.59 bits per heavy atom. The Balaban J connectivity index is 1.69. The minimum Gasteiger partial charge on any atom is -0.447 e. The fourth-order valence-corrected chi connectivity index (χ4v) is 4.27. The number of anilines is 1. The van der Waals surface area contributed by atoms with Crippen molar-refractivity contribution in [2.24, 2.45) is 0 Å². The fraction of sp³-hybridized carbons (Fsp3) is 0.0417. The molecule has 3 aromatic rings. The molecule has 0 radical (unpaired) electrons. The van der Waals surface area contributed by atoms with Gasteiger partial charge in [-0.2, -0.15) is 13.2 Å². The van der Waals surface area contributed by atoms with Crippen molar-refractivity contribution in [3.05, 3.63) is 96.5 Å². The van der Waals surface area contributed by atoms with Gasteiger partial charge in [0.1, 0.15) is 5.57 Å². The van der Waals surface area contributed by atoms with E-state index in [0.717, 1.165) is 12.1 Å². The summed E-state index contributed by atoms with van der Waals surface area (Å²) in [6.45, 7) is 0. The predicted molar refractivity (Wildman–Crippen MR) is 135 cm³/mol. The van der Waals surface area contributed by atoms with Crippen LogP contribution in [0.4, 0.5) is 29.3 Å². The molecule has 0 aromatic heterocycles. The maximum atomic E-state index is 13.1. The number of ether oxygens (including phenoxy) is 1. The zero-order valence-electron chi connectivity index (χ0n) is 18.9. The SMILES string of the molecule is O=C1NC(=O)N(c2ccccc2Cl)C(=O)/C1=C/c1cc(Cl)c(Oc2ccc(C(F)(F)F)cc2[N+](=O)[O-])c(Cl)c1. The van der Waals surface area contributed by atoms with E-state index in [2.05, 4.69) is 0 Å². The second kappa shape index (κ2) is 10.6. The predicted octanol–water partition coefficient (Wildman–Crippen LogP) is 7.03. The monoisotopic (exact) mass is 599 g/mol. The molecular weight excluding hydrogens is 590 g/mol. The zero-order chi connectivity index (χ0) is 28.6. The highest BCUT2D eigenvalue weighted by Gasteiger charge is 2.38. The molecule has 1 aliphatic heterocycles. The van der Waals surface area contributed by atoms with Crippen molar-refractivity contribution in [3.8, 4) is 11.5 Å². The fourth-order valence-electron chi connectivity index (χ4n) is 3.47. The van der Waals surface area contributed by atoms with Gasteiger partial charge < -0.3 is 4.74 Å². The first kappa shape index (κ1) is 27.9. The second-order valence-electron chi connectivity index (χ2n) is 7.76. The highest BCUT2D eigenvalue weighted by Crippen LogP contribution is 2.42. The summed E-state index contributed by atoms with van der Waals surface area (Å²) in [5, 5.41) is 12.9. The summed E-state index contributed by atoms with van der Waals surface area (Å²) in [7, 11) is 0. The Labute approximate surface area is 231 Å². The van der Waals surface area contributed by atoms with Crippen LogP contribution >= 0.6 is 34.8 Å². The van der Waals surface area contributed by atoms with E-state index in [1.54, 1.807) is 6.07 Å². The van der Waals surface area contributed by atoms with Crippen LogP contribution in [0.25, 0.3) is 6.08 Å². The molecule has 1 fully saturated rings. The lowest BCUT2D eigenvalue weighted by atomic mass is 10.1. The van der Waals surface area contributed by atoms with Gasteiger partial charge in [0.15, 0.2) is 5.75 Å². The number of hydrogen-bond donors (Lipinski definition) is 1. The Morgan fingerprint density at radius 3 is 2.18 bits per heavy atom. The Hall–Kier alpha value is -4.13. The summed E-state index contributed by atoms with van der Waals surface area (Å²) in [5.74, 6) is -2.92. The first-order chi connectivity index (χ1) is 18.3. The molecule has 4 rings (SSSR count). The highest BCUT2D eigenvalue weighted by molar-refractivity contribution is 6.42. The van der Waals surface area contributed by atoms with E-state index < -0.39 is 51.5 Å². The lowest BCUT2D eigenvalue weighted by Gasteiger charge is -2.27. The Morgan fingerprint density at radius 1 is 0.949 bits per heavy atom. The maximum absolute atomic E-state index is 13.1. The van der Waals surface area contributed by atoms with Crippen LogP contribution in [0.1, 0.15) is 11.1 Å². The van der Waals surface area contributed by atoms with E-state index in [4.69, 9.17) is 39.5 Å². The van der Waals surface area contributed by atoms with Gasteiger partial charge in [0.2, 0.25) is 5.75 Å². The lowest BCUT2D eigenvalue weighted by molar-refractivity contribution is -0.385. The molecule has 3 aromatic carbocycles. The number of carbonyl (C=O) groups is 3. The van der Waals surface area contributed by atoms with Crippen LogP contribution in [0, 0.1) is 10.1 Å². The molecule has 0 aliphatic carbocycles. The minimum atomic E-state index is -4.83. The molecule has 0 atom stereocenters. The number of para-hydroxylation sites is 1. The van der Waals surface area contributed by atoms with Crippen molar-refractivity contribution >= 4 is 70.1 Å². The van der Waals surface area contributed by atoms with E-state index in [1.165, 1.54) is 30.3 Å². The number of nitrogens with one attached hydrogen (secondary N) is 1. The third-order valence-electron chi connectivity index (χ3n) is 5.22. The van der Waals surface area contributed by atoms with Crippen molar-refractivity contribution in [2.45, 2.75) is 6.18 Å². The molecule has 9 nitrogen and oxygen atoms in total. The number of urea groups is 1. The van der Waals surface area contributed by atoms with Gasteiger partial charge in [-0.1, -0.05) is 46.9 Å². The molecule has 0 bridgehead atoms. The molecule has 1 aliphatic rings. The number of imide groups is 2. The summed E-state index contributed by atoms with van der Waals surface area (Å²) in [5.41, 5.74) is -2.62. The average Bonchev–Trinajstić information content (AvgIpc) is 2.84. The number of nitrogens with zero attached hydrogens (tertiary/aromatic N) is 2. The van der Waals surface area contributed by atoms with Crippen molar-refractivity contribution in [2.75, 3.05) is 4.90 Å². The van der Waals surface area contributed by atoms with Crippen LogP contribution in [-0.2, 0) is 15.8 Å². The number of nitro groups is 1. The number of benzene rings is 3. The smallest absolute Gasteiger partial charge is 0.416 e. The van der Waals surface area contributed by atoms with Gasteiger partial charge in [0.05, 0.1) is 31.2 Å². The largest absolute Gasteiger partial charge is 0.447 e. The molecule has 0 unspecified atom stereocenters. The molecule has 15 heteroatoms. The van der Waals surface area contributed by atoms with Gasteiger partial charge in [0.25, 0.3) is 11.8 Å². The van der Waals surface area contributed by atoms with Crippen LogP contribution in [0.5, 0.6) is 11.5 Å². The van der Waals surface area contributed by atoms with Crippen molar-refractivity contribution in [1.82, 2.24) is 5.32 Å². The number of amides is 4. The summed E-state index contributed by atoms with van der Waals surface area (Å²) < 4.78 is 44.3. The minimum absolute atomic E-state index is 0.0259. The van der Waals surface area contributed by atoms with Gasteiger partial charge in [-0.3, -0.25) is 25.0 Å². The Kier molecular flexibility index (Phi) is 7.55. The number of barbiturate groups is 1. The number of alkyl halides is 3. The molecule has 1 N–H and O–H groups in total. The molecule has 0 saturated carbocycles. The summed E-state index contributed by atoms with van der Waals surface area (Å²) in [4.78, 5) is 48.8. The number of hydrogen-bond acceptors (Lipinski definition) is 6. The third kappa shape index (κ3) is 5.67. The first-order valence-electron chi connectivity index (χ1n) is 10.5. The molecule has 200 valence electrons. The average molecular weight is 601 g/mol. The standard InChI is InChI=1S/C24H11Cl3F3N3O6/c25-14-3-1-2-4-17(14)32-22(35)13(21(34)31-23(32)36)7-11-8-15(26)20(16(27)9-11)39-19-6-5-12(24(28,29)30)10-18(19)33(37)38/h1-10H,(H,31,34,36)/b13-7+. The number of rotatable bonds is 5. The molecule has 39 heavy (non-hydrogen) atoms.